The Morgan fingerprint density at radius 3 is 2.39 bits per heavy atom. The zero-order valence-electron chi connectivity index (χ0n) is 8.60. The summed E-state index contributed by atoms with van der Waals surface area (Å²) in [6.45, 7) is 0. The molecule has 1 aromatic carbocycles. The van der Waals surface area contributed by atoms with E-state index < -0.39 is 41.3 Å². The molecule has 0 aliphatic heterocycles. The molecule has 2 nitrogen and oxygen atoms in total. The van der Waals surface area contributed by atoms with Crippen LogP contribution in [-0.2, 0) is 0 Å². The van der Waals surface area contributed by atoms with Gasteiger partial charge >= 0.3 is 6.36 Å². The van der Waals surface area contributed by atoms with Crippen molar-refractivity contribution < 1.29 is 31.5 Å². The second-order valence-electron chi connectivity index (χ2n) is 3.15. The third-order valence-electron chi connectivity index (χ3n) is 1.92. The van der Waals surface area contributed by atoms with Crippen molar-refractivity contribution in [2.75, 3.05) is 5.88 Å². The quantitative estimate of drug-likeness (QED) is 0.476. The average molecular weight is 289 g/mol. The maximum absolute atomic E-state index is 12.5. The minimum atomic E-state index is -4.96. The number of hydrogen-bond acceptors (Lipinski definition) is 2. The average Bonchev–Trinajstić information content (AvgIpc) is 2.25. The molecule has 0 spiro atoms. The van der Waals surface area contributed by atoms with Gasteiger partial charge in [0.05, 0.1) is 5.88 Å². The number of hydrogen-bond donors (Lipinski definition) is 0. The van der Waals surface area contributed by atoms with Crippen molar-refractivity contribution in [1.29, 1.82) is 0 Å². The van der Waals surface area contributed by atoms with Crippen molar-refractivity contribution in [1.82, 2.24) is 0 Å². The highest BCUT2D eigenvalue weighted by Gasteiger charge is 2.31. The SMILES string of the molecule is O=C(CCl)c1cc(OC(F)(F)F)ccc1C(F)F. The molecule has 0 radical (unpaired) electrons. The van der Waals surface area contributed by atoms with Gasteiger partial charge in [-0.05, 0) is 18.2 Å². The second kappa shape index (κ2) is 5.51. The lowest BCUT2D eigenvalue weighted by Crippen LogP contribution is -2.17. The number of carbonyl (C=O) groups excluding carboxylic acids is 1. The third-order valence-corrected chi connectivity index (χ3v) is 2.16. The van der Waals surface area contributed by atoms with E-state index in [-0.39, 0.29) is 0 Å². The molecule has 1 aromatic rings. The molecule has 0 heterocycles. The molecule has 8 heteroatoms. The van der Waals surface area contributed by atoms with E-state index in [9.17, 15) is 26.7 Å². The van der Waals surface area contributed by atoms with Gasteiger partial charge in [-0.1, -0.05) is 0 Å². The summed E-state index contributed by atoms with van der Waals surface area (Å²) in [6.07, 6.45) is -7.96. The molecule has 0 aliphatic rings. The fraction of sp³-hybridized carbons (Fsp3) is 0.300. The van der Waals surface area contributed by atoms with Crippen LogP contribution in [0.2, 0.25) is 0 Å². The number of alkyl halides is 6. The van der Waals surface area contributed by atoms with Crippen LogP contribution in [0.5, 0.6) is 5.75 Å². The summed E-state index contributed by atoms with van der Waals surface area (Å²) >= 11 is 5.19. The molecule has 0 amide bonds. The second-order valence-corrected chi connectivity index (χ2v) is 3.42. The summed E-state index contributed by atoms with van der Waals surface area (Å²) in [5.41, 5.74) is -1.27. The molecule has 0 atom stereocenters. The molecule has 0 fully saturated rings. The summed E-state index contributed by atoms with van der Waals surface area (Å²) in [5.74, 6) is -2.27. The Balaban J connectivity index is 3.17. The van der Waals surface area contributed by atoms with Gasteiger partial charge in [-0.2, -0.15) is 0 Å². The molecule has 0 N–H and O–H groups in total. The van der Waals surface area contributed by atoms with Crippen molar-refractivity contribution >= 4 is 17.4 Å². The molecule has 18 heavy (non-hydrogen) atoms. The number of ketones is 1. The van der Waals surface area contributed by atoms with Crippen molar-refractivity contribution in [2.45, 2.75) is 12.8 Å². The zero-order chi connectivity index (χ0) is 13.9. The first kappa shape index (κ1) is 14.7. The van der Waals surface area contributed by atoms with Gasteiger partial charge < -0.3 is 4.74 Å². The van der Waals surface area contributed by atoms with Crippen molar-refractivity contribution in [3.05, 3.63) is 29.3 Å². The number of benzene rings is 1. The van der Waals surface area contributed by atoms with Crippen LogP contribution in [0.15, 0.2) is 18.2 Å². The highest BCUT2D eigenvalue weighted by atomic mass is 35.5. The smallest absolute Gasteiger partial charge is 0.406 e. The van der Waals surface area contributed by atoms with E-state index in [0.29, 0.717) is 18.2 Å². The standard InChI is InChI=1S/C10H6ClF5O2/c11-4-8(17)7-3-5(18-10(14,15)16)1-2-6(7)9(12)13/h1-3,9H,4H2. The first-order chi connectivity index (χ1) is 8.24. The van der Waals surface area contributed by atoms with E-state index in [1.807, 2.05) is 0 Å². The van der Waals surface area contributed by atoms with E-state index in [2.05, 4.69) is 4.74 Å². The van der Waals surface area contributed by atoms with Crippen LogP contribution in [0.1, 0.15) is 22.3 Å². The van der Waals surface area contributed by atoms with Crippen LogP contribution < -0.4 is 4.74 Å². The number of carbonyl (C=O) groups is 1. The van der Waals surface area contributed by atoms with Gasteiger partial charge in [0.15, 0.2) is 5.78 Å². The highest BCUT2D eigenvalue weighted by Crippen LogP contribution is 2.30. The first-order valence-corrected chi connectivity index (χ1v) is 5.05. The Kier molecular flexibility index (Phi) is 4.50. The summed E-state index contributed by atoms with van der Waals surface area (Å²) in [5, 5.41) is 0. The van der Waals surface area contributed by atoms with Crippen LogP contribution in [0.25, 0.3) is 0 Å². The normalized spacial score (nSPS) is 11.7. The Bertz CT molecular complexity index is 444. The third kappa shape index (κ3) is 3.83. The van der Waals surface area contributed by atoms with E-state index in [0.717, 1.165) is 0 Å². The Morgan fingerprint density at radius 1 is 1.33 bits per heavy atom. The van der Waals surface area contributed by atoms with Crippen molar-refractivity contribution in [2.24, 2.45) is 0 Å². The maximum atomic E-state index is 12.5. The fourth-order valence-corrected chi connectivity index (χ4v) is 1.38. The van der Waals surface area contributed by atoms with Crippen LogP contribution in [-0.4, -0.2) is 18.0 Å². The van der Waals surface area contributed by atoms with Crippen LogP contribution in [0, 0.1) is 0 Å². The molecule has 0 saturated carbocycles. The fourth-order valence-electron chi connectivity index (χ4n) is 1.24. The lowest BCUT2D eigenvalue weighted by atomic mass is 10.0. The topological polar surface area (TPSA) is 26.3 Å². The van der Waals surface area contributed by atoms with Gasteiger partial charge in [0.25, 0.3) is 6.43 Å². The molecule has 0 unspecified atom stereocenters. The lowest BCUT2D eigenvalue weighted by Gasteiger charge is -2.12. The minimum Gasteiger partial charge on any atom is -0.406 e. The van der Waals surface area contributed by atoms with Crippen LogP contribution >= 0.6 is 11.6 Å². The van der Waals surface area contributed by atoms with Crippen LogP contribution in [0.4, 0.5) is 22.0 Å². The summed E-state index contributed by atoms with van der Waals surface area (Å²) < 4.78 is 64.4. The Morgan fingerprint density at radius 2 is 1.94 bits per heavy atom. The Hall–Kier alpha value is -1.37. The van der Waals surface area contributed by atoms with Gasteiger partial charge in [0.1, 0.15) is 5.75 Å². The molecule has 0 aliphatic carbocycles. The zero-order valence-corrected chi connectivity index (χ0v) is 9.36. The minimum absolute atomic E-state index is 0.582. The van der Waals surface area contributed by atoms with E-state index in [1.54, 1.807) is 0 Å². The molecule has 100 valence electrons. The van der Waals surface area contributed by atoms with E-state index >= 15 is 0 Å². The van der Waals surface area contributed by atoms with E-state index in [1.165, 1.54) is 0 Å². The number of halogens is 6. The number of Topliss-reactive ketones (excluding diaryl/α,β-unsaturated/α-hetero) is 1. The molecule has 0 bridgehead atoms. The number of ether oxygens (including phenoxy) is 1. The summed E-state index contributed by atoms with van der Waals surface area (Å²) in [4.78, 5) is 11.3. The highest BCUT2D eigenvalue weighted by molar-refractivity contribution is 6.30. The number of rotatable bonds is 4. The largest absolute Gasteiger partial charge is 0.573 e. The lowest BCUT2D eigenvalue weighted by molar-refractivity contribution is -0.274. The van der Waals surface area contributed by atoms with Crippen molar-refractivity contribution in [3.8, 4) is 5.75 Å². The summed E-state index contributed by atoms with van der Waals surface area (Å²) in [7, 11) is 0. The molecular formula is C10H6ClF5O2. The predicted molar refractivity (Wildman–Crippen MR) is 53.1 cm³/mol. The van der Waals surface area contributed by atoms with Crippen molar-refractivity contribution in [3.63, 3.8) is 0 Å². The molecular weight excluding hydrogens is 283 g/mol. The Labute approximate surface area is 103 Å². The summed E-state index contributed by atoms with van der Waals surface area (Å²) in [6, 6.07) is 2.01. The molecule has 0 saturated heterocycles. The molecule has 1 rings (SSSR count). The monoisotopic (exact) mass is 288 g/mol. The predicted octanol–water partition coefficient (Wildman–Crippen LogP) is 3.94. The van der Waals surface area contributed by atoms with Gasteiger partial charge in [-0.3, -0.25) is 4.79 Å². The van der Waals surface area contributed by atoms with Gasteiger partial charge in [0, 0.05) is 11.1 Å². The van der Waals surface area contributed by atoms with Gasteiger partial charge in [-0.25, -0.2) is 8.78 Å². The maximum Gasteiger partial charge on any atom is 0.573 e. The van der Waals surface area contributed by atoms with Gasteiger partial charge in [-0.15, -0.1) is 24.8 Å². The molecule has 0 aromatic heterocycles. The van der Waals surface area contributed by atoms with Gasteiger partial charge in [0.2, 0.25) is 0 Å². The van der Waals surface area contributed by atoms with Crippen LogP contribution in [0.3, 0.4) is 0 Å². The first-order valence-electron chi connectivity index (χ1n) is 4.51. The van der Waals surface area contributed by atoms with E-state index in [4.69, 9.17) is 11.6 Å².